The van der Waals surface area contributed by atoms with Gasteiger partial charge < -0.3 is 15.0 Å². The van der Waals surface area contributed by atoms with Crippen LogP contribution in [0.2, 0.25) is 0 Å². The van der Waals surface area contributed by atoms with Crippen molar-refractivity contribution in [2.75, 3.05) is 45.2 Å². The Morgan fingerprint density at radius 3 is 2.44 bits per heavy atom. The van der Waals surface area contributed by atoms with Crippen LogP contribution in [-0.4, -0.2) is 51.3 Å². The van der Waals surface area contributed by atoms with Crippen molar-refractivity contribution in [2.45, 2.75) is 0 Å². The summed E-state index contributed by atoms with van der Waals surface area (Å²) < 4.78 is 5.10. The average molecular weight is 249 g/mol. The lowest BCUT2D eigenvalue weighted by Crippen LogP contribution is -2.50. The van der Waals surface area contributed by atoms with E-state index in [4.69, 9.17) is 4.74 Å². The molecule has 0 unspecified atom stereocenters. The van der Waals surface area contributed by atoms with Gasteiger partial charge in [0.1, 0.15) is 5.75 Å². The second kappa shape index (κ2) is 5.73. The number of carbonyl (C=O) groups excluding carboxylic acids is 1. The largest absolute Gasteiger partial charge is 0.497 e. The number of hydrogen-bond acceptors (Lipinski definition) is 3. The number of rotatable bonds is 2. The summed E-state index contributed by atoms with van der Waals surface area (Å²) in [7, 11) is 3.43. The number of amides is 2. The van der Waals surface area contributed by atoms with E-state index in [1.54, 1.807) is 19.1 Å². The van der Waals surface area contributed by atoms with Crippen molar-refractivity contribution in [1.82, 2.24) is 10.2 Å². The Balaban J connectivity index is 2.04. The van der Waals surface area contributed by atoms with E-state index in [0.29, 0.717) is 0 Å². The highest BCUT2D eigenvalue weighted by atomic mass is 16.5. The first-order chi connectivity index (χ1) is 8.72. The van der Waals surface area contributed by atoms with Gasteiger partial charge in [0.05, 0.1) is 7.11 Å². The van der Waals surface area contributed by atoms with Crippen molar-refractivity contribution in [2.24, 2.45) is 0 Å². The molecule has 2 amide bonds. The molecular formula is C13H19N3O2. The SMILES string of the molecule is COc1ccc(N(C)C(=O)N2CCNCC2)cc1. The Morgan fingerprint density at radius 1 is 1.28 bits per heavy atom. The molecule has 5 nitrogen and oxygen atoms in total. The first-order valence-corrected chi connectivity index (χ1v) is 6.10. The van der Waals surface area contributed by atoms with Crippen molar-refractivity contribution >= 4 is 11.7 Å². The highest BCUT2D eigenvalue weighted by molar-refractivity contribution is 5.91. The molecule has 0 radical (unpaired) electrons. The summed E-state index contributed by atoms with van der Waals surface area (Å²) in [5.41, 5.74) is 0.874. The van der Waals surface area contributed by atoms with E-state index in [2.05, 4.69) is 5.32 Å². The van der Waals surface area contributed by atoms with Crippen molar-refractivity contribution < 1.29 is 9.53 Å². The molecule has 0 saturated carbocycles. The molecule has 1 aliphatic heterocycles. The van der Waals surface area contributed by atoms with Crippen molar-refractivity contribution in [1.29, 1.82) is 0 Å². The summed E-state index contributed by atoms with van der Waals surface area (Å²) in [6.07, 6.45) is 0. The predicted octanol–water partition coefficient (Wildman–Crippen LogP) is 1.16. The van der Waals surface area contributed by atoms with Crippen LogP contribution in [0.15, 0.2) is 24.3 Å². The quantitative estimate of drug-likeness (QED) is 0.855. The molecule has 1 heterocycles. The summed E-state index contributed by atoms with van der Waals surface area (Å²) >= 11 is 0. The number of piperazine rings is 1. The minimum Gasteiger partial charge on any atom is -0.497 e. The number of anilines is 1. The number of nitrogens with one attached hydrogen (secondary N) is 1. The van der Waals surface area contributed by atoms with Crippen LogP contribution >= 0.6 is 0 Å². The Bertz CT molecular complexity index is 399. The van der Waals surface area contributed by atoms with Gasteiger partial charge in [-0.1, -0.05) is 0 Å². The van der Waals surface area contributed by atoms with Crippen LogP contribution in [-0.2, 0) is 0 Å². The third kappa shape index (κ3) is 2.73. The lowest BCUT2D eigenvalue weighted by molar-refractivity contribution is 0.198. The van der Waals surface area contributed by atoms with Crippen molar-refractivity contribution in [3.8, 4) is 5.75 Å². The van der Waals surface area contributed by atoms with E-state index in [-0.39, 0.29) is 6.03 Å². The molecule has 0 atom stereocenters. The van der Waals surface area contributed by atoms with E-state index in [0.717, 1.165) is 37.6 Å². The molecular weight excluding hydrogens is 230 g/mol. The predicted molar refractivity (Wildman–Crippen MR) is 71.2 cm³/mol. The molecule has 2 rings (SSSR count). The number of methoxy groups -OCH3 is 1. The van der Waals surface area contributed by atoms with Gasteiger partial charge in [0.25, 0.3) is 0 Å². The van der Waals surface area contributed by atoms with Crippen molar-refractivity contribution in [3.63, 3.8) is 0 Å². The fraction of sp³-hybridized carbons (Fsp3) is 0.462. The van der Waals surface area contributed by atoms with Gasteiger partial charge >= 0.3 is 6.03 Å². The molecule has 18 heavy (non-hydrogen) atoms. The van der Waals surface area contributed by atoms with E-state index in [9.17, 15) is 4.79 Å². The zero-order chi connectivity index (χ0) is 13.0. The maximum Gasteiger partial charge on any atom is 0.324 e. The number of benzene rings is 1. The number of hydrogen-bond donors (Lipinski definition) is 1. The molecule has 0 aliphatic carbocycles. The Hall–Kier alpha value is -1.75. The fourth-order valence-electron chi connectivity index (χ4n) is 1.98. The van der Waals surface area contributed by atoms with Crippen LogP contribution in [0, 0.1) is 0 Å². The topological polar surface area (TPSA) is 44.8 Å². The molecule has 1 N–H and O–H groups in total. The molecule has 1 aliphatic rings. The first kappa shape index (κ1) is 12.7. The van der Waals surface area contributed by atoms with E-state index >= 15 is 0 Å². The lowest BCUT2D eigenvalue weighted by Gasteiger charge is -2.31. The molecule has 1 aromatic rings. The second-order valence-corrected chi connectivity index (χ2v) is 4.28. The average Bonchev–Trinajstić information content (AvgIpc) is 2.47. The number of nitrogens with zero attached hydrogens (tertiary/aromatic N) is 2. The molecule has 5 heteroatoms. The summed E-state index contributed by atoms with van der Waals surface area (Å²) in [6, 6.07) is 7.53. The standard InChI is InChI=1S/C13H19N3O2/c1-15(11-3-5-12(18-2)6-4-11)13(17)16-9-7-14-8-10-16/h3-6,14H,7-10H2,1-2H3. The van der Waals surface area contributed by atoms with E-state index < -0.39 is 0 Å². The molecule has 0 bridgehead atoms. The minimum absolute atomic E-state index is 0.0432. The maximum absolute atomic E-state index is 12.2. The molecule has 1 fully saturated rings. The normalized spacial score (nSPS) is 15.3. The Morgan fingerprint density at radius 2 is 1.89 bits per heavy atom. The first-order valence-electron chi connectivity index (χ1n) is 6.10. The van der Waals surface area contributed by atoms with Crippen LogP contribution in [0.3, 0.4) is 0 Å². The summed E-state index contributed by atoms with van der Waals surface area (Å²) in [5, 5.41) is 3.23. The van der Waals surface area contributed by atoms with Gasteiger partial charge in [-0.25, -0.2) is 4.79 Å². The molecule has 1 aromatic carbocycles. The number of urea groups is 1. The highest BCUT2D eigenvalue weighted by Crippen LogP contribution is 2.19. The molecule has 98 valence electrons. The van der Waals surface area contributed by atoms with Crippen molar-refractivity contribution in [3.05, 3.63) is 24.3 Å². The van der Waals surface area contributed by atoms with Gasteiger partial charge in [-0.05, 0) is 24.3 Å². The van der Waals surface area contributed by atoms with Gasteiger partial charge in [0.2, 0.25) is 0 Å². The lowest BCUT2D eigenvalue weighted by atomic mass is 10.3. The van der Waals surface area contributed by atoms with Gasteiger partial charge in [0.15, 0.2) is 0 Å². The van der Waals surface area contributed by atoms with Gasteiger partial charge in [0, 0.05) is 38.9 Å². The molecule has 1 saturated heterocycles. The third-order valence-corrected chi connectivity index (χ3v) is 3.13. The van der Waals surface area contributed by atoms with Gasteiger partial charge in [-0.15, -0.1) is 0 Å². The summed E-state index contributed by atoms with van der Waals surface area (Å²) in [4.78, 5) is 15.8. The van der Waals surface area contributed by atoms with Crippen LogP contribution in [0.25, 0.3) is 0 Å². The maximum atomic E-state index is 12.2. The van der Waals surface area contributed by atoms with Crippen LogP contribution in [0.4, 0.5) is 10.5 Å². The van der Waals surface area contributed by atoms with Gasteiger partial charge in [-0.2, -0.15) is 0 Å². The van der Waals surface area contributed by atoms with E-state index in [1.807, 2.05) is 29.2 Å². The minimum atomic E-state index is 0.0432. The molecule has 0 spiro atoms. The smallest absolute Gasteiger partial charge is 0.324 e. The number of carbonyl (C=O) groups is 1. The Labute approximate surface area is 107 Å². The summed E-state index contributed by atoms with van der Waals surface area (Å²) in [6.45, 7) is 3.25. The van der Waals surface area contributed by atoms with Crippen LogP contribution < -0.4 is 15.0 Å². The second-order valence-electron chi connectivity index (χ2n) is 4.28. The van der Waals surface area contributed by atoms with Crippen LogP contribution in [0.1, 0.15) is 0 Å². The third-order valence-electron chi connectivity index (χ3n) is 3.13. The monoisotopic (exact) mass is 249 g/mol. The molecule has 0 aromatic heterocycles. The zero-order valence-corrected chi connectivity index (χ0v) is 10.8. The highest BCUT2D eigenvalue weighted by Gasteiger charge is 2.20. The van der Waals surface area contributed by atoms with E-state index in [1.165, 1.54) is 0 Å². The summed E-state index contributed by atoms with van der Waals surface area (Å²) in [5.74, 6) is 0.793. The zero-order valence-electron chi connectivity index (χ0n) is 10.8. The Kier molecular flexibility index (Phi) is 4.04. The van der Waals surface area contributed by atoms with Gasteiger partial charge in [-0.3, -0.25) is 4.90 Å². The fourth-order valence-corrected chi connectivity index (χ4v) is 1.98. The van der Waals surface area contributed by atoms with Crippen LogP contribution in [0.5, 0.6) is 5.75 Å². The number of ether oxygens (including phenoxy) is 1.